The standard InChI is InChI=1S/C17H20N2O3S/c1-10-5-6-12-13(8-18)16(23-14(12)7-10)19-15(20)9-22-17(21)11-3-2-4-11/h10-11H,2-7,9H2,1H3,(H,19,20)/t10-/m1/s1. The largest absolute Gasteiger partial charge is 0.455 e. The lowest BCUT2D eigenvalue weighted by atomic mass is 9.86. The number of amides is 1. The molecule has 122 valence electrons. The fourth-order valence-corrected chi connectivity index (χ4v) is 4.40. The summed E-state index contributed by atoms with van der Waals surface area (Å²) in [6, 6.07) is 2.21. The number of hydrogen-bond acceptors (Lipinski definition) is 5. The third-order valence-electron chi connectivity index (χ3n) is 4.66. The highest BCUT2D eigenvalue weighted by Gasteiger charge is 2.28. The van der Waals surface area contributed by atoms with Crippen molar-refractivity contribution in [3.8, 4) is 6.07 Å². The van der Waals surface area contributed by atoms with Gasteiger partial charge in [0, 0.05) is 4.88 Å². The quantitative estimate of drug-likeness (QED) is 0.860. The Bertz CT molecular complexity index is 670. The Balaban J connectivity index is 1.62. The lowest BCUT2D eigenvalue weighted by molar-refractivity contribution is -0.154. The van der Waals surface area contributed by atoms with Crippen LogP contribution in [-0.2, 0) is 27.2 Å². The van der Waals surface area contributed by atoms with E-state index in [1.807, 2.05) is 0 Å². The predicted molar refractivity (Wildman–Crippen MR) is 87.2 cm³/mol. The van der Waals surface area contributed by atoms with E-state index in [1.54, 1.807) is 0 Å². The monoisotopic (exact) mass is 332 g/mol. The summed E-state index contributed by atoms with van der Waals surface area (Å²) >= 11 is 1.48. The number of anilines is 1. The zero-order valence-corrected chi connectivity index (χ0v) is 14.0. The van der Waals surface area contributed by atoms with Crippen LogP contribution in [0, 0.1) is 23.2 Å². The van der Waals surface area contributed by atoms with Crippen molar-refractivity contribution < 1.29 is 14.3 Å². The summed E-state index contributed by atoms with van der Waals surface area (Å²) in [4.78, 5) is 24.8. The van der Waals surface area contributed by atoms with E-state index >= 15 is 0 Å². The Hall–Kier alpha value is -1.87. The molecule has 0 saturated heterocycles. The number of fused-ring (bicyclic) bond motifs is 1. The first-order valence-corrected chi connectivity index (χ1v) is 8.91. The lowest BCUT2D eigenvalue weighted by Crippen LogP contribution is -2.28. The third-order valence-corrected chi connectivity index (χ3v) is 5.83. The number of rotatable bonds is 4. The molecule has 5 nitrogen and oxygen atoms in total. The summed E-state index contributed by atoms with van der Waals surface area (Å²) in [6.07, 6.45) is 5.69. The van der Waals surface area contributed by atoms with Crippen molar-refractivity contribution in [1.82, 2.24) is 0 Å². The summed E-state index contributed by atoms with van der Waals surface area (Å²) in [5.74, 6) is -0.0836. The fraction of sp³-hybridized carbons (Fsp3) is 0.588. The third kappa shape index (κ3) is 3.40. The van der Waals surface area contributed by atoms with E-state index in [4.69, 9.17) is 4.74 Å². The van der Waals surface area contributed by atoms with Gasteiger partial charge in [-0.15, -0.1) is 11.3 Å². The number of thiophene rings is 1. The van der Waals surface area contributed by atoms with Gasteiger partial charge >= 0.3 is 5.97 Å². The molecule has 0 unspecified atom stereocenters. The van der Waals surface area contributed by atoms with E-state index in [0.29, 0.717) is 16.5 Å². The van der Waals surface area contributed by atoms with Gasteiger partial charge in [0.25, 0.3) is 5.91 Å². The van der Waals surface area contributed by atoms with Crippen LogP contribution in [0.25, 0.3) is 0 Å². The van der Waals surface area contributed by atoms with Crippen LogP contribution in [0.2, 0.25) is 0 Å². The molecule has 6 heteroatoms. The molecule has 1 atom stereocenters. The summed E-state index contributed by atoms with van der Waals surface area (Å²) in [5.41, 5.74) is 1.66. The summed E-state index contributed by atoms with van der Waals surface area (Å²) in [5, 5.41) is 12.7. The normalized spacial score (nSPS) is 20.1. The molecule has 0 radical (unpaired) electrons. The number of ether oxygens (including phenoxy) is 1. The Morgan fingerprint density at radius 2 is 2.17 bits per heavy atom. The van der Waals surface area contributed by atoms with Crippen molar-refractivity contribution in [3.63, 3.8) is 0 Å². The molecule has 23 heavy (non-hydrogen) atoms. The Labute approximate surface area is 139 Å². The van der Waals surface area contributed by atoms with Gasteiger partial charge in [-0.05, 0) is 43.6 Å². The van der Waals surface area contributed by atoms with Crippen molar-refractivity contribution in [2.45, 2.75) is 45.4 Å². The van der Waals surface area contributed by atoms with Crippen molar-refractivity contribution in [1.29, 1.82) is 5.26 Å². The number of carbonyl (C=O) groups is 2. The number of nitrogens with one attached hydrogen (secondary N) is 1. The van der Waals surface area contributed by atoms with E-state index in [-0.39, 0.29) is 24.4 Å². The highest BCUT2D eigenvalue weighted by Crippen LogP contribution is 2.39. The van der Waals surface area contributed by atoms with Gasteiger partial charge in [0.2, 0.25) is 0 Å². The van der Waals surface area contributed by atoms with Crippen LogP contribution in [0.4, 0.5) is 5.00 Å². The maximum absolute atomic E-state index is 12.0. The first kappa shape index (κ1) is 16.0. The van der Waals surface area contributed by atoms with Crippen LogP contribution >= 0.6 is 11.3 Å². The van der Waals surface area contributed by atoms with Crippen LogP contribution < -0.4 is 5.32 Å². The van der Waals surface area contributed by atoms with E-state index in [0.717, 1.165) is 44.1 Å². The second-order valence-corrected chi connectivity index (χ2v) is 7.56. The zero-order valence-electron chi connectivity index (χ0n) is 13.2. The first-order chi connectivity index (χ1) is 11.1. The van der Waals surface area contributed by atoms with Crippen molar-refractivity contribution in [2.24, 2.45) is 11.8 Å². The Kier molecular flexibility index (Phi) is 4.67. The molecule has 1 fully saturated rings. The molecule has 0 aromatic carbocycles. The van der Waals surface area contributed by atoms with Gasteiger partial charge in [0.1, 0.15) is 11.1 Å². The fourth-order valence-electron chi connectivity index (χ4n) is 3.02. The molecule has 1 amide bonds. The molecular formula is C17H20N2O3S. The average molecular weight is 332 g/mol. The smallest absolute Gasteiger partial charge is 0.309 e. The maximum atomic E-state index is 12.0. The topological polar surface area (TPSA) is 79.2 Å². The van der Waals surface area contributed by atoms with Crippen molar-refractivity contribution in [2.75, 3.05) is 11.9 Å². The number of esters is 1. The maximum Gasteiger partial charge on any atom is 0.309 e. The van der Waals surface area contributed by atoms with Gasteiger partial charge < -0.3 is 10.1 Å². The molecular weight excluding hydrogens is 312 g/mol. The van der Waals surface area contributed by atoms with Crippen LogP contribution in [0.3, 0.4) is 0 Å². The van der Waals surface area contributed by atoms with Crippen molar-refractivity contribution in [3.05, 3.63) is 16.0 Å². The minimum Gasteiger partial charge on any atom is -0.455 e. The lowest BCUT2D eigenvalue weighted by Gasteiger charge is -2.22. The van der Waals surface area contributed by atoms with Gasteiger partial charge in [0.15, 0.2) is 6.61 Å². The number of carbonyl (C=O) groups excluding carboxylic acids is 2. The first-order valence-electron chi connectivity index (χ1n) is 8.09. The number of nitriles is 1. The summed E-state index contributed by atoms with van der Waals surface area (Å²) < 4.78 is 5.04. The van der Waals surface area contributed by atoms with E-state index in [2.05, 4.69) is 18.3 Å². The zero-order chi connectivity index (χ0) is 16.4. The van der Waals surface area contributed by atoms with Crippen LogP contribution in [0.15, 0.2) is 0 Å². The van der Waals surface area contributed by atoms with Crippen molar-refractivity contribution >= 4 is 28.2 Å². The van der Waals surface area contributed by atoms with Gasteiger partial charge in [-0.2, -0.15) is 5.26 Å². The SMILES string of the molecule is C[C@@H]1CCc2c(sc(NC(=O)COC(=O)C3CCC3)c2C#N)C1. The van der Waals surface area contributed by atoms with Gasteiger partial charge in [0.05, 0.1) is 11.5 Å². The van der Waals surface area contributed by atoms with E-state index < -0.39 is 0 Å². The molecule has 1 aromatic rings. The molecule has 1 saturated carbocycles. The molecule has 1 aromatic heterocycles. The van der Waals surface area contributed by atoms with Crippen LogP contribution in [-0.4, -0.2) is 18.5 Å². The molecule has 1 heterocycles. The molecule has 2 aliphatic carbocycles. The molecule has 1 N–H and O–H groups in total. The highest BCUT2D eigenvalue weighted by molar-refractivity contribution is 7.16. The van der Waals surface area contributed by atoms with Gasteiger partial charge in [-0.3, -0.25) is 9.59 Å². The Morgan fingerprint density at radius 3 is 2.83 bits per heavy atom. The van der Waals surface area contributed by atoms with Gasteiger partial charge in [-0.25, -0.2) is 0 Å². The Morgan fingerprint density at radius 1 is 1.39 bits per heavy atom. The number of hydrogen-bond donors (Lipinski definition) is 1. The molecule has 0 spiro atoms. The minimum absolute atomic E-state index is 0.0343. The number of nitrogens with zero attached hydrogens (tertiary/aromatic N) is 1. The average Bonchev–Trinajstić information content (AvgIpc) is 2.79. The highest BCUT2D eigenvalue weighted by atomic mass is 32.1. The minimum atomic E-state index is -0.374. The van der Waals surface area contributed by atoms with Crippen LogP contribution in [0.5, 0.6) is 0 Å². The molecule has 3 rings (SSSR count). The van der Waals surface area contributed by atoms with E-state index in [9.17, 15) is 14.9 Å². The second kappa shape index (κ2) is 6.71. The van der Waals surface area contributed by atoms with Gasteiger partial charge in [-0.1, -0.05) is 13.3 Å². The summed E-state index contributed by atoms with van der Waals surface area (Å²) in [7, 11) is 0. The predicted octanol–water partition coefficient (Wildman–Crippen LogP) is 3.03. The summed E-state index contributed by atoms with van der Waals surface area (Å²) in [6.45, 7) is 1.92. The second-order valence-electron chi connectivity index (χ2n) is 6.45. The van der Waals surface area contributed by atoms with E-state index in [1.165, 1.54) is 16.2 Å². The molecule has 2 aliphatic rings. The van der Waals surface area contributed by atoms with Crippen LogP contribution in [0.1, 0.15) is 48.6 Å². The molecule has 0 bridgehead atoms. The molecule has 0 aliphatic heterocycles.